The van der Waals surface area contributed by atoms with Crippen LogP contribution in [-0.2, 0) is 14.3 Å². The molecule has 3 aliphatic carbocycles. The number of nitrogens with two attached hydrogens (primary N) is 2. The summed E-state index contributed by atoms with van der Waals surface area (Å²) in [6.45, 7) is 4.07. The van der Waals surface area contributed by atoms with Crippen LogP contribution < -0.4 is 11.5 Å². The van der Waals surface area contributed by atoms with Crippen molar-refractivity contribution in [2.45, 2.75) is 159 Å². The van der Waals surface area contributed by atoms with E-state index in [0.29, 0.717) is 44.9 Å². The van der Waals surface area contributed by atoms with Gasteiger partial charge in [-0.1, -0.05) is 26.7 Å². The first-order valence-electron chi connectivity index (χ1n) is 17.5. The Labute approximate surface area is 276 Å². The molecule has 3 saturated carbocycles. The molecule has 0 aromatic carbocycles. The number of hydrogen-bond donors (Lipinski definition) is 2. The highest BCUT2D eigenvalue weighted by atomic mass is 32.2. The quantitative estimate of drug-likeness (QED) is 0.132. The van der Waals surface area contributed by atoms with Gasteiger partial charge in [-0.3, -0.25) is 9.59 Å². The third-order valence-electron chi connectivity index (χ3n) is 9.98. The average molecular weight is 689 g/mol. The molecule has 0 heterocycles. The number of ketones is 2. The minimum absolute atomic E-state index is 0.0245. The van der Waals surface area contributed by atoms with Crippen molar-refractivity contribution in [3.8, 4) is 0 Å². The number of carbonyl (C=O) groups excluding carboxylic acids is 2. The van der Waals surface area contributed by atoms with Crippen LogP contribution in [0.2, 0.25) is 0 Å². The second-order valence-electron chi connectivity index (χ2n) is 13.8. The number of alkyl halides is 6. The van der Waals surface area contributed by atoms with Gasteiger partial charge in [0, 0.05) is 37.0 Å². The van der Waals surface area contributed by atoms with Crippen LogP contribution in [0.5, 0.6) is 0 Å². The summed E-state index contributed by atoms with van der Waals surface area (Å²) < 4.78 is 88.0. The zero-order chi connectivity index (χ0) is 34.5. The van der Waals surface area contributed by atoms with E-state index in [9.17, 15) is 35.9 Å². The van der Waals surface area contributed by atoms with Gasteiger partial charge in [0.2, 0.25) is 0 Å². The van der Waals surface area contributed by atoms with E-state index in [1.54, 1.807) is 11.8 Å². The summed E-state index contributed by atoms with van der Waals surface area (Å²) >= 11 is 1.64. The molecule has 7 unspecified atom stereocenters. The van der Waals surface area contributed by atoms with Gasteiger partial charge in [-0.25, -0.2) is 0 Å². The standard InChI is InChI=1S/C33H53F6NO3S.CH5N/c1-3-5-6-7-27(41)16-22-14-24(32(34,35)36)15-23(31(22)44-12-4-2)17-28(42)13-21-8-10-29(11-9-21)43-30-19-25(33(37,38)39)18-26(40)20-30;1-2/h21-26,29-31H,3-20,40H2,1-2H3;2H2,1H3. The van der Waals surface area contributed by atoms with Crippen LogP contribution in [0.1, 0.15) is 123 Å². The second-order valence-corrected chi connectivity index (χ2v) is 15.1. The van der Waals surface area contributed by atoms with Crippen molar-refractivity contribution < 1.29 is 40.7 Å². The number of Topliss-reactive ketones (excluding diaryl/α,β-unsaturated/α-hetero) is 2. The summed E-state index contributed by atoms with van der Waals surface area (Å²) in [5, 5.41) is -0.140. The molecule has 12 heteroatoms. The molecule has 3 rings (SSSR count). The van der Waals surface area contributed by atoms with Crippen molar-refractivity contribution in [2.24, 2.45) is 41.1 Å². The SMILES string of the molecule is CCCCCC(=O)CC1CC(C(F)(F)F)CC(CC(=O)CC2CCC(OC3CC(N)CC(C(F)(F)F)C3)CC2)C1SCCC.CN. The second kappa shape index (κ2) is 20.0. The number of thioether (sulfide) groups is 1. The van der Waals surface area contributed by atoms with E-state index in [1.807, 2.05) is 13.8 Å². The van der Waals surface area contributed by atoms with Gasteiger partial charge in [0.05, 0.1) is 24.0 Å². The Morgan fingerprint density at radius 1 is 0.717 bits per heavy atom. The summed E-state index contributed by atoms with van der Waals surface area (Å²) in [4.78, 5) is 26.1. The number of unbranched alkanes of at least 4 members (excludes halogenated alkanes) is 2. The van der Waals surface area contributed by atoms with E-state index >= 15 is 0 Å². The topological polar surface area (TPSA) is 95.4 Å². The average Bonchev–Trinajstić information content (AvgIpc) is 2.97. The highest BCUT2D eigenvalue weighted by Crippen LogP contribution is 2.49. The van der Waals surface area contributed by atoms with Crippen molar-refractivity contribution in [3.63, 3.8) is 0 Å². The van der Waals surface area contributed by atoms with E-state index in [1.165, 1.54) is 7.05 Å². The van der Waals surface area contributed by atoms with E-state index in [0.717, 1.165) is 31.4 Å². The molecule has 46 heavy (non-hydrogen) atoms. The van der Waals surface area contributed by atoms with Gasteiger partial charge >= 0.3 is 12.4 Å². The summed E-state index contributed by atoms with van der Waals surface area (Å²) in [7, 11) is 1.50. The van der Waals surface area contributed by atoms with Crippen molar-refractivity contribution in [2.75, 3.05) is 12.8 Å². The Bertz CT molecular complexity index is 897. The lowest BCUT2D eigenvalue weighted by atomic mass is 9.70. The fraction of sp³-hybridized carbons (Fsp3) is 0.941. The van der Waals surface area contributed by atoms with Crippen molar-refractivity contribution in [1.82, 2.24) is 0 Å². The molecule has 0 amide bonds. The van der Waals surface area contributed by atoms with Crippen LogP contribution in [0.25, 0.3) is 0 Å². The molecule has 0 bridgehead atoms. The van der Waals surface area contributed by atoms with Crippen LogP contribution >= 0.6 is 11.8 Å². The molecule has 4 N–H and O–H groups in total. The number of carbonyl (C=O) groups is 2. The molecular formula is C34H58F6N2O3S. The first-order valence-corrected chi connectivity index (χ1v) is 18.5. The molecule has 0 aromatic heterocycles. The van der Waals surface area contributed by atoms with Gasteiger partial charge < -0.3 is 16.2 Å². The van der Waals surface area contributed by atoms with E-state index in [2.05, 4.69) is 5.73 Å². The maximum Gasteiger partial charge on any atom is 0.391 e. The predicted octanol–water partition coefficient (Wildman–Crippen LogP) is 8.80. The minimum atomic E-state index is -4.36. The highest BCUT2D eigenvalue weighted by Gasteiger charge is 2.49. The minimum Gasteiger partial charge on any atom is -0.375 e. The number of halogens is 6. The number of rotatable bonds is 15. The number of ether oxygens (including phenoxy) is 1. The molecule has 3 aliphatic rings. The van der Waals surface area contributed by atoms with Gasteiger partial charge in [0.25, 0.3) is 0 Å². The molecular weight excluding hydrogens is 630 g/mol. The molecule has 7 atom stereocenters. The molecule has 3 fully saturated rings. The molecule has 0 radical (unpaired) electrons. The maximum absolute atomic E-state index is 14.0. The van der Waals surface area contributed by atoms with Gasteiger partial charge in [-0.15, -0.1) is 0 Å². The van der Waals surface area contributed by atoms with E-state index < -0.39 is 42.3 Å². The van der Waals surface area contributed by atoms with Crippen LogP contribution in [0.4, 0.5) is 26.3 Å². The lowest BCUT2D eigenvalue weighted by Gasteiger charge is -2.42. The lowest BCUT2D eigenvalue weighted by Crippen LogP contribution is -2.43. The Hall–Kier alpha value is -0.850. The summed E-state index contributed by atoms with van der Waals surface area (Å²) in [5.41, 5.74) is 10.4. The molecule has 5 nitrogen and oxygen atoms in total. The Morgan fingerprint density at radius 3 is 1.83 bits per heavy atom. The van der Waals surface area contributed by atoms with Crippen LogP contribution in [-0.4, -0.2) is 60.2 Å². The van der Waals surface area contributed by atoms with Gasteiger partial charge in [-0.2, -0.15) is 38.1 Å². The summed E-state index contributed by atoms with van der Waals surface area (Å²) in [5.74, 6) is -2.85. The first-order chi connectivity index (χ1) is 21.7. The van der Waals surface area contributed by atoms with Crippen molar-refractivity contribution in [1.29, 1.82) is 0 Å². The lowest BCUT2D eigenvalue weighted by molar-refractivity contribution is -0.198. The smallest absolute Gasteiger partial charge is 0.375 e. The summed E-state index contributed by atoms with van der Waals surface area (Å²) in [6.07, 6.45) is -1.98. The van der Waals surface area contributed by atoms with E-state index in [-0.39, 0.29) is 73.3 Å². The van der Waals surface area contributed by atoms with Gasteiger partial charge in [-0.05, 0) is 101 Å². The third kappa shape index (κ3) is 13.9. The van der Waals surface area contributed by atoms with Crippen LogP contribution in [0.3, 0.4) is 0 Å². The first kappa shape index (κ1) is 41.3. The Balaban J connectivity index is 0.00000361. The van der Waals surface area contributed by atoms with Gasteiger partial charge in [0.15, 0.2) is 0 Å². The molecule has 0 aliphatic heterocycles. The zero-order valence-corrected chi connectivity index (χ0v) is 28.8. The summed E-state index contributed by atoms with van der Waals surface area (Å²) in [6, 6.07) is -0.538. The maximum atomic E-state index is 14.0. The van der Waals surface area contributed by atoms with Crippen LogP contribution in [0.15, 0.2) is 0 Å². The predicted molar refractivity (Wildman–Crippen MR) is 172 cm³/mol. The molecule has 0 spiro atoms. The Kier molecular flexibility index (Phi) is 17.9. The molecule has 0 saturated heterocycles. The van der Waals surface area contributed by atoms with Crippen molar-refractivity contribution >= 4 is 23.3 Å². The Morgan fingerprint density at radius 2 is 1.28 bits per heavy atom. The fourth-order valence-electron chi connectivity index (χ4n) is 7.77. The van der Waals surface area contributed by atoms with Crippen LogP contribution in [0, 0.1) is 29.6 Å². The van der Waals surface area contributed by atoms with E-state index in [4.69, 9.17) is 10.5 Å². The fourth-order valence-corrected chi connectivity index (χ4v) is 9.24. The molecule has 0 aromatic rings. The normalized spacial score (nSPS) is 32.4. The number of hydrogen-bond acceptors (Lipinski definition) is 6. The van der Waals surface area contributed by atoms with Gasteiger partial charge in [0.1, 0.15) is 11.6 Å². The largest absolute Gasteiger partial charge is 0.391 e. The molecule has 270 valence electrons. The highest BCUT2D eigenvalue weighted by molar-refractivity contribution is 7.99. The van der Waals surface area contributed by atoms with Crippen molar-refractivity contribution in [3.05, 3.63) is 0 Å². The third-order valence-corrected chi connectivity index (χ3v) is 11.8. The zero-order valence-electron chi connectivity index (χ0n) is 28.0. The monoisotopic (exact) mass is 688 g/mol.